The second kappa shape index (κ2) is 24.2. The fraction of sp³-hybridized carbons (Fsp3) is 0.828. The molecule has 0 saturated carbocycles. The van der Waals surface area contributed by atoms with Gasteiger partial charge in [0.1, 0.15) is 33.0 Å². The first-order chi connectivity index (χ1) is 21.7. The molecular weight excluding hydrogens is 701 g/mol. The van der Waals surface area contributed by atoms with Gasteiger partial charge in [-0.2, -0.15) is 63.1 Å². The third-order valence-electron chi connectivity index (χ3n) is 6.79. The second-order valence-corrected chi connectivity index (χ2v) is 13.5. The number of aliphatic hydroxyl groups is 1. The van der Waals surface area contributed by atoms with Crippen LogP contribution in [0.4, 0.5) is 0 Å². The highest BCUT2D eigenvalue weighted by Gasteiger charge is 2.40. The number of esters is 5. The molecule has 0 aromatic heterocycles. The maximum Gasteiger partial charge on any atom is 0.309 e. The van der Waals surface area contributed by atoms with E-state index < -0.39 is 71.0 Å². The van der Waals surface area contributed by atoms with Gasteiger partial charge >= 0.3 is 29.8 Å². The van der Waals surface area contributed by atoms with Gasteiger partial charge in [-0.05, 0) is 0 Å². The van der Waals surface area contributed by atoms with Crippen LogP contribution in [0.2, 0.25) is 0 Å². The molecule has 0 aromatic rings. The molecule has 5 atom stereocenters. The standard InChI is InChI=1S/C29H50O12S5/c1-19(7-43)24(32)38-15-28(11-30,14-37-23(31)5-6-42)12-36-13-29(16-39-25(33)20(2)8-44,17-40-26(34)21(3)9-45)18-41-27(35)22(4)10-46/h19-22,30,42-46H,5-18H2,1-4H3. The Balaban J connectivity index is 6.37. The van der Waals surface area contributed by atoms with Gasteiger partial charge in [-0.25, -0.2) is 0 Å². The van der Waals surface area contributed by atoms with Crippen molar-refractivity contribution in [3.05, 3.63) is 0 Å². The minimum atomic E-state index is -1.41. The van der Waals surface area contributed by atoms with E-state index in [1.165, 1.54) is 0 Å². The van der Waals surface area contributed by atoms with Crippen LogP contribution in [0.1, 0.15) is 34.1 Å². The zero-order valence-corrected chi connectivity index (χ0v) is 31.4. The largest absolute Gasteiger partial charge is 0.465 e. The fourth-order valence-corrected chi connectivity index (χ4v) is 3.94. The Labute approximate surface area is 299 Å². The molecule has 0 amide bonds. The third kappa shape index (κ3) is 16.9. The molecule has 0 saturated heterocycles. The lowest BCUT2D eigenvalue weighted by Gasteiger charge is -2.35. The van der Waals surface area contributed by atoms with Crippen LogP contribution in [0, 0.1) is 34.5 Å². The third-order valence-corrected chi connectivity index (χ3v) is 9.21. The minimum absolute atomic E-state index is 0.00723. The normalized spacial score (nSPS) is 16.5. The lowest BCUT2D eigenvalue weighted by molar-refractivity contribution is -0.175. The summed E-state index contributed by atoms with van der Waals surface area (Å²) in [5.41, 5.74) is -2.82. The number of thiol groups is 5. The lowest BCUT2D eigenvalue weighted by Crippen LogP contribution is -2.47. The first-order valence-corrected chi connectivity index (χ1v) is 17.9. The Morgan fingerprint density at radius 2 is 0.826 bits per heavy atom. The van der Waals surface area contributed by atoms with Crippen molar-refractivity contribution in [2.45, 2.75) is 34.1 Å². The first kappa shape index (κ1) is 45.0. The average molecular weight is 751 g/mol. The molecule has 1 N–H and O–H groups in total. The van der Waals surface area contributed by atoms with Crippen LogP contribution >= 0.6 is 63.1 Å². The summed E-state index contributed by atoms with van der Waals surface area (Å²) in [6.45, 7) is 3.32. The maximum atomic E-state index is 12.6. The van der Waals surface area contributed by atoms with Crippen molar-refractivity contribution in [1.82, 2.24) is 0 Å². The molecule has 0 rings (SSSR count). The van der Waals surface area contributed by atoms with E-state index in [0.29, 0.717) is 0 Å². The van der Waals surface area contributed by atoms with E-state index in [0.717, 1.165) is 0 Å². The molecule has 5 unspecified atom stereocenters. The van der Waals surface area contributed by atoms with Crippen molar-refractivity contribution in [1.29, 1.82) is 0 Å². The van der Waals surface area contributed by atoms with Crippen LogP contribution in [0.3, 0.4) is 0 Å². The number of aliphatic hydroxyl groups excluding tert-OH is 1. The highest BCUT2D eigenvalue weighted by molar-refractivity contribution is 7.80. The Kier molecular flexibility index (Phi) is 23.7. The average Bonchev–Trinajstić information content (AvgIpc) is 3.07. The Bertz CT molecular complexity index is 891. The van der Waals surface area contributed by atoms with E-state index in [4.69, 9.17) is 28.4 Å². The number of ether oxygens (including phenoxy) is 6. The summed E-state index contributed by atoms with van der Waals surface area (Å²) < 4.78 is 33.4. The van der Waals surface area contributed by atoms with Gasteiger partial charge in [-0.1, -0.05) is 27.7 Å². The molecule has 12 nitrogen and oxygen atoms in total. The molecule has 0 aliphatic carbocycles. The Hall–Kier alpha value is -0.980. The SMILES string of the molecule is CC(CS)C(=O)OCC(CO)(COCC(COC(=O)C(C)CS)(COC(=O)C(C)CS)COC(=O)C(C)CS)COC(=O)CCS. The molecule has 0 spiro atoms. The molecule has 0 heterocycles. The molecule has 0 bridgehead atoms. The van der Waals surface area contributed by atoms with Crippen LogP contribution in [0.25, 0.3) is 0 Å². The summed E-state index contributed by atoms with van der Waals surface area (Å²) in [5, 5.41) is 10.4. The number of hydrogen-bond acceptors (Lipinski definition) is 17. The van der Waals surface area contributed by atoms with Crippen molar-refractivity contribution >= 4 is 93.0 Å². The van der Waals surface area contributed by atoms with E-state index in [9.17, 15) is 29.1 Å². The van der Waals surface area contributed by atoms with Gasteiger partial charge in [0, 0.05) is 28.8 Å². The number of carbonyl (C=O) groups excluding carboxylic acids is 5. The predicted molar refractivity (Wildman–Crippen MR) is 188 cm³/mol. The first-order valence-electron chi connectivity index (χ1n) is 14.7. The van der Waals surface area contributed by atoms with Crippen LogP contribution in [-0.4, -0.2) is 117 Å². The van der Waals surface area contributed by atoms with Crippen molar-refractivity contribution in [2.24, 2.45) is 34.5 Å². The van der Waals surface area contributed by atoms with E-state index in [1.807, 2.05) is 0 Å². The summed E-state index contributed by atoms with van der Waals surface area (Å²) in [6, 6.07) is 0. The zero-order chi connectivity index (χ0) is 35.3. The van der Waals surface area contributed by atoms with E-state index >= 15 is 0 Å². The molecule has 0 aromatic carbocycles. The van der Waals surface area contributed by atoms with Gasteiger partial charge < -0.3 is 33.5 Å². The van der Waals surface area contributed by atoms with Gasteiger partial charge in [0.2, 0.25) is 0 Å². The van der Waals surface area contributed by atoms with Gasteiger partial charge in [0.05, 0.1) is 60.7 Å². The molecule has 0 aliphatic rings. The van der Waals surface area contributed by atoms with Crippen LogP contribution in [0.5, 0.6) is 0 Å². The molecule has 0 radical (unpaired) electrons. The van der Waals surface area contributed by atoms with E-state index in [1.54, 1.807) is 27.7 Å². The zero-order valence-electron chi connectivity index (χ0n) is 26.9. The van der Waals surface area contributed by atoms with Gasteiger partial charge in [0.25, 0.3) is 0 Å². The fourth-order valence-electron chi connectivity index (χ4n) is 3.16. The molecular formula is C29H50O12S5. The highest BCUT2D eigenvalue weighted by atomic mass is 32.1. The van der Waals surface area contributed by atoms with Gasteiger partial charge in [-0.3, -0.25) is 24.0 Å². The summed E-state index contributed by atoms with van der Waals surface area (Å²) in [5.74, 6) is -4.08. The van der Waals surface area contributed by atoms with Crippen molar-refractivity contribution in [3.63, 3.8) is 0 Å². The van der Waals surface area contributed by atoms with Crippen LogP contribution < -0.4 is 0 Å². The monoisotopic (exact) mass is 750 g/mol. The number of rotatable bonds is 25. The topological polar surface area (TPSA) is 161 Å². The lowest BCUT2D eigenvalue weighted by atomic mass is 9.90. The van der Waals surface area contributed by atoms with E-state index in [-0.39, 0.29) is 81.4 Å². The maximum absolute atomic E-state index is 12.6. The highest BCUT2D eigenvalue weighted by Crippen LogP contribution is 2.26. The smallest absolute Gasteiger partial charge is 0.309 e. The second-order valence-electron chi connectivity index (χ2n) is 11.6. The Morgan fingerprint density at radius 3 is 1.13 bits per heavy atom. The summed E-state index contributed by atoms with van der Waals surface area (Å²) in [4.78, 5) is 62.5. The Morgan fingerprint density at radius 1 is 0.522 bits per heavy atom. The summed E-state index contributed by atoms with van der Waals surface area (Å²) >= 11 is 20.6. The van der Waals surface area contributed by atoms with Crippen molar-refractivity contribution in [2.75, 3.05) is 81.6 Å². The number of carbonyl (C=O) groups is 5. The van der Waals surface area contributed by atoms with Crippen LogP contribution in [0.15, 0.2) is 0 Å². The van der Waals surface area contributed by atoms with Crippen LogP contribution in [-0.2, 0) is 52.4 Å². The van der Waals surface area contributed by atoms with Crippen molar-refractivity contribution in [3.8, 4) is 0 Å². The quantitative estimate of drug-likeness (QED) is 0.0460. The minimum Gasteiger partial charge on any atom is -0.465 e. The number of hydrogen-bond donors (Lipinski definition) is 6. The summed E-state index contributed by atoms with van der Waals surface area (Å²) in [7, 11) is 0. The van der Waals surface area contributed by atoms with Gasteiger partial charge in [0.15, 0.2) is 0 Å². The molecule has 46 heavy (non-hydrogen) atoms. The predicted octanol–water partition coefficient (Wildman–Crippen LogP) is 2.27. The molecule has 0 fully saturated rings. The molecule has 17 heteroatoms. The van der Waals surface area contributed by atoms with Crippen molar-refractivity contribution < 1.29 is 57.5 Å². The van der Waals surface area contributed by atoms with E-state index in [2.05, 4.69) is 63.1 Å². The molecule has 268 valence electrons. The summed E-state index contributed by atoms with van der Waals surface area (Å²) in [6.07, 6.45) is 0.00723. The molecule has 0 aliphatic heterocycles. The van der Waals surface area contributed by atoms with Gasteiger partial charge in [-0.15, -0.1) is 0 Å².